The summed E-state index contributed by atoms with van der Waals surface area (Å²) in [5, 5.41) is 3.94. The highest BCUT2D eigenvalue weighted by atomic mass is 35.5. The zero-order valence-electron chi connectivity index (χ0n) is 10.0. The van der Waals surface area contributed by atoms with Crippen molar-refractivity contribution in [2.45, 2.75) is 32.9 Å². The Kier molecular flexibility index (Phi) is 5.74. The van der Waals surface area contributed by atoms with Crippen LogP contribution in [0, 0.1) is 0 Å². The molecular formula is C12H19ClN2O. The van der Waals surface area contributed by atoms with Crippen LogP contribution >= 0.6 is 11.6 Å². The van der Waals surface area contributed by atoms with Crippen LogP contribution in [-0.4, -0.2) is 24.2 Å². The first-order valence-corrected chi connectivity index (χ1v) is 5.98. The molecule has 90 valence electrons. The molecule has 2 unspecified atom stereocenters. The summed E-state index contributed by atoms with van der Waals surface area (Å²) in [5.41, 5.74) is 1.02. The van der Waals surface area contributed by atoms with Crippen molar-refractivity contribution in [3.05, 3.63) is 29.0 Å². The van der Waals surface area contributed by atoms with Gasteiger partial charge in [0.1, 0.15) is 5.15 Å². The van der Waals surface area contributed by atoms with Gasteiger partial charge in [-0.25, -0.2) is 4.98 Å². The van der Waals surface area contributed by atoms with E-state index in [1.807, 2.05) is 26.0 Å². The van der Waals surface area contributed by atoms with Crippen LogP contribution in [-0.2, 0) is 4.74 Å². The van der Waals surface area contributed by atoms with Crippen LogP contribution in [0.5, 0.6) is 0 Å². The van der Waals surface area contributed by atoms with Gasteiger partial charge in [-0.2, -0.15) is 0 Å². The summed E-state index contributed by atoms with van der Waals surface area (Å²) in [5.74, 6) is 0. The number of nitrogens with one attached hydrogen (secondary N) is 1. The second-order valence-corrected chi connectivity index (χ2v) is 4.14. The first-order valence-electron chi connectivity index (χ1n) is 5.60. The number of halogens is 1. The van der Waals surface area contributed by atoms with Crippen molar-refractivity contribution in [1.82, 2.24) is 10.3 Å². The van der Waals surface area contributed by atoms with Crippen LogP contribution < -0.4 is 5.32 Å². The van der Waals surface area contributed by atoms with Crippen molar-refractivity contribution in [3.63, 3.8) is 0 Å². The minimum absolute atomic E-state index is 0.184. The smallest absolute Gasteiger partial charge is 0.133 e. The standard InChI is InChI=1S/C12H19ClN2O/c1-4-16-9(2)8-15-10(3)11-6-5-7-14-12(11)13/h5-7,9-10,15H,4,8H2,1-3H3. The zero-order valence-corrected chi connectivity index (χ0v) is 10.8. The normalized spacial score (nSPS) is 14.8. The monoisotopic (exact) mass is 242 g/mol. The third-order valence-electron chi connectivity index (χ3n) is 2.42. The topological polar surface area (TPSA) is 34.1 Å². The fourth-order valence-electron chi connectivity index (χ4n) is 1.52. The van der Waals surface area contributed by atoms with E-state index in [0.29, 0.717) is 5.15 Å². The molecular weight excluding hydrogens is 224 g/mol. The second-order valence-electron chi connectivity index (χ2n) is 3.78. The second kappa shape index (κ2) is 6.84. The lowest BCUT2D eigenvalue weighted by atomic mass is 10.1. The maximum absolute atomic E-state index is 6.01. The van der Waals surface area contributed by atoms with Gasteiger partial charge >= 0.3 is 0 Å². The van der Waals surface area contributed by atoms with Gasteiger partial charge in [0.2, 0.25) is 0 Å². The molecule has 0 saturated heterocycles. The molecule has 0 spiro atoms. The summed E-state index contributed by atoms with van der Waals surface area (Å²) in [4.78, 5) is 4.06. The first-order chi connectivity index (χ1) is 7.65. The Bertz CT molecular complexity index is 320. The Hall–Kier alpha value is -0.640. The molecule has 0 aliphatic carbocycles. The minimum Gasteiger partial charge on any atom is -0.377 e. The lowest BCUT2D eigenvalue weighted by molar-refractivity contribution is 0.0743. The van der Waals surface area contributed by atoms with E-state index in [4.69, 9.17) is 16.3 Å². The lowest BCUT2D eigenvalue weighted by Crippen LogP contribution is -2.29. The molecule has 3 nitrogen and oxygen atoms in total. The quantitative estimate of drug-likeness (QED) is 0.779. The maximum atomic E-state index is 6.01. The fourth-order valence-corrected chi connectivity index (χ4v) is 1.80. The number of nitrogens with zero attached hydrogens (tertiary/aromatic N) is 1. The van der Waals surface area contributed by atoms with E-state index in [1.54, 1.807) is 6.20 Å². The van der Waals surface area contributed by atoms with Crippen LogP contribution in [0.3, 0.4) is 0 Å². The van der Waals surface area contributed by atoms with Gasteiger partial charge < -0.3 is 10.1 Å². The van der Waals surface area contributed by atoms with Crippen LogP contribution in [0.2, 0.25) is 5.15 Å². The fraction of sp³-hybridized carbons (Fsp3) is 0.583. The lowest BCUT2D eigenvalue weighted by Gasteiger charge is -2.18. The van der Waals surface area contributed by atoms with Crippen LogP contribution in [0.25, 0.3) is 0 Å². The average molecular weight is 243 g/mol. The Balaban J connectivity index is 2.46. The third-order valence-corrected chi connectivity index (χ3v) is 2.73. The molecule has 2 atom stereocenters. The zero-order chi connectivity index (χ0) is 12.0. The van der Waals surface area contributed by atoms with Gasteiger partial charge in [0, 0.05) is 31.0 Å². The van der Waals surface area contributed by atoms with Gasteiger partial charge in [-0.05, 0) is 26.8 Å². The van der Waals surface area contributed by atoms with E-state index < -0.39 is 0 Å². The summed E-state index contributed by atoms with van der Waals surface area (Å²) in [7, 11) is 0. The third kappa shape index (κ3) is 4.08. The Labute approximate surface area is 102 Å². The van der Waals surface area contributed by atoms with Crippen LogP contribution in [0.4, 0.5) is 0 Å². The number of hydrogen-bond donors (Lipinski definition) is 1. The summed E-state index contributed by atoms with van der Waals surface area (Å²) < 4.78 is 5.45. The van der Waals surface area contributed by atoms with Crippen molar-refractivity contribution in [2.24, 2.45) is 0 Å². The molecule has 0 aromatic carbocycles. The Morgan fingerprint density at radius 2 is 2.25 bits per heavy atom. The van der Waals surface area contributed by atoms with Gasteiger partial charge in [0.25, 0.3) is 0 Å². The first kappa shape index (κ1) is 13.4. The molecule has 1 aromatic rings. The van der Waals surface area contributed by atoms with Crippen molar-refractivity contribution in [1.29, 1.82) is 0 Å². The molecule has 0 aliphatic heterocycles. The van der Waals surface area contributed by atoms with Crippen LogP contribution in [0.15, 0.2) is 18.3 Å². The van der Waals surface area contributed by atoms with E-state index in [1.165, 1.54) is 0 Å². The molecule has 0 fully saturated rings. The van der Waals surface area contributed by atoms with Gasteiger partial charge in [-0.1, -0.05) is 17.7 Å². The van der Waals surface area contributed by atoms with E-state index in [9.17, 15) is 0 Å². The number of rotatable bonds is 6. The van der Waals surface area contributed by atoms with E-state index in [-0.39, 0.29) is 12.1 Å². The van der Waals surface area contributed by atoms with E-state index in [2.05, 4.69) is 17.2 Å². The number of hydrogen-bond acceptors (Lipinski definition) is 3. The molecule has 16 heavy (non-hydrogen) atoms. The Morgan fingerprint density at radius 3 is 2.88 bits per heavy atom. The highest BCUT2D eigenvalue weighted by Gasteiger charge is 2.10. The number of pyridine rings is 1. The minimum atomic E-state index is 0.184. The molecule has 0 amide bonds. The summed E-state index contributed by atoms with van der Waals surface area (Å²) >= 11 is 6.01. The molecule has 1 aromatic heterocycles. The molecule has 0 radical (unpaired) electrons. The molecule has 0 bridgehead atoms. The highest BCUT2D eigenvalue weighted by molar-refractivity contribution is 6.30. The molecule has 0 aliphatic rings. The largest absolute Gasteiger partial charge is 0.377 e. The number of ether oxygens (including phenoxy) is 1. The maximum Gasteiger partial charge on any atom is 0.133 e. The van der Waals surface area contributed by atoms with Gasteiger partial charge in [0.05, 0.1) is 6.10 Å². The van der Waals surface area contributed by atoms with Gasteiger partial charge in [0.15, 0.2) is 0 Å². The molecule has 0 saturated carbocycles. The summed E-state index contributed by atoms with van der Waals surface area (Å²) in [6.07, 6.45) is 1.91. The average Bonchev–Trinajstić information content (AvgIpc) is 2.27. The van der Waals surface area contributed by atoms with E-state index in [0.717, 1.165) is 18.7 Å². The summed E-state index contributed by atoms with van der Waals surface area (Å²) in [6, 6.07) is 4.06. The van der Waals surface area contributed by atoms with Gasteiger partial charge in [-0.3, -0.25) is 0 Å². The molecule has 1 heterocycles. The van der Waals surface area contributed by atoms with Crippen molar-refractivity contribution in [3.8, 4) is 0 Å². The van der Waals surface area contributed by atoms with Crippen LogP contribution in [0.1, 0.15) is 32.4 Å². The SMILES string of the molecule is CCOC(C)CNC(C)c1cccnc1Cl. The molecule has 1 N–H and O–H groups in total. The van der Waals surface area contributed by atoms with Crippen molar-refractivity contribution in [2.75, 3.05) is 13.2 Å². The van der Waals surface area contributed by atoms with Crippen molar-refractivity contribution >= 4 is 11.6 Å². The Morgan fingerprint density at radius 1 is 1.50 bits per heavy atom. The summed E-state index contributed by atoms with van der Waals surface area (Å²) in [6.45, 7) is 7.67. The highest BCUT2D eigenvalue weighted by Crippen LogP contribution is 2.19. The van der Waals surface area contributed by atoms with E-state index >= 15 is 0 Å². The predicted molar refractivity (Wildman–Crippen MR) is 66.8 cm³/mol. The number of aromatic nitrogens is 1. The van der Waals surface area contributed by atoms with Gasteiger partial charge in [-0.15, -0.1) is 0 Å². The van der Waals surface area contributed by atoms with Crippen molar-refractivity contribution < 1.29 is 4.74 Å². The molecule has 1 rings (SSSR count). The predicted octanol–water partition coefficient (Wildman–Crippen LogP) is 2.81. The molecule has 4 heteroatoms.